The molecule has 0 saturated carbocycles. The molecule has 0 bridgehead atoms. The molecular formula is C21H28ClN3O5. The van der Waals surface area contributed by atoms with Gasteiger partial charge in [-0.25, -0.2) is 4.79 Å². The molecule has 1 fully saturated rings. The van der Waals surface area contributed by atoms with Gasteiger partial charge in [0.2, 0.25) is 23.0 Å². The van der Waals surface area contributed by atoms with Crippen molar-refractivity contribution >= 4 is 35.0 Å². The van der Waals surface area contributed by atoms with Gasteiger partial charge in [-0.1, -0.05) is 36.8 Å². The lowest BCUT2D eigenvalue weighted by molar-refractivity contribution is -0.169. The normalized spacial score (nSPS) is 19.4. The van der Waals surface area contributed by atoms with Crippen molar-refractivity contribution in [3.05, 3.63) is 35.9 Å². The van der Waals surface area contributed by atoms with Crippen LogP contribution in [0.2, 0.25) is 0 Å². The van der Waals surface area contributed by atoms with Crippen LogP contribution in [-0.4, -0.2) is 58.9 Å². The van der Waals surface area contributed by atoms with E-state index in [1.54, 1.807) is 24.3 Å². The maximum absolute atomic E-state index is 13.1. The van der Waals surface area contributed by atoms with E-state index in [4.69, 9.17) is 27.8 Å². The number of rotatable bonds is 11. The van der Waals surface area contributed by atoms with Crippen LogP contribution in [0.4, 0.5) is 0 Å². The van der Waals surface area contributed by atoms with Crippen LogP contribution in [0, 0.1) is 0 Å². The zero-order valence-electron chi connectivity index (χ0n) is 16.8. The molecule has 1 saturated heterocycles. The standard InChI is InChI=1S/C21H28ClN3O5/c22-13-17(26)18(27)21(20(29)30-14-15-7-2-1-3-8-15)10-6-12-25(21)19(28)16(24)9-4-5-11-23/h1-3,7-8,16H,4-6,9-14,23-24H2/t16-,21+/m0/s1. The second-order valence-electron chi connectivity index (χ2n) is 7.29. The number of ether oxygens (including phenoxy) is 1. The summed E-state index contributed by atoms with van der Waals surface area (Å²) in [6, 6.07) is 8.00. The van der Waals surface area contributed by atoms with Crippen molar-refractivity contribution in [3.63, 3.8) is 0 Å². The van der Waals surface area contributed by atoms with Gasteiger partial charge in [0.1, 0.15) is 6.61 Å². The molecular weight excluding hydrogens is 410 g/mol. The van der Waals surface area contributed by atoms with Crippen LogP contribution in [0.1, 0.15) is 37.7 Å². The minimum Gasteiger partial charge on any atom is -0.459 e. The first-order valence-corrected chi connectivity index (χ1v) is 10.5. The molecule has 4 N–H and O–H groups in total. The van der Waals surface area contributed by atoms with Crippen molar-refractivity contribution in [2.75, 3.05) is 19.0 Å². The third-order valence-corrected chi connectivity index (χ3v) is 5.48. The Bertz CT molecular complexity index is 773. The molecule has 1 heterocycles. The highest BCUT2D eigenvalue weighted by atomic mass is 35.5. The Labute approximate surface area is 180 Å². The smallest absolute Gasteiger partial charge is 0.340 e. The maximum Gasteiger partial charge on any atom is 0.340 e. The van der Waals surface area contributed by atoms with E-state index in [-0.39, 0.29) is 19.6 Å². The summed E-state index contributed by atoms with van der Waals surface area (Å²) in [4.78, 5) is 52.4. The topological polar surface area (TPSA) is 133 Å². The molecule has 1 aliphatic heterocycles. The van der Waals surface area contributed by atoms with Crippen LogP contribution in [0.25, 0.3) is 0 Å². The highest BCUT2D eigenvalue weighted by molar-refractivity contribution is 6.52. The van der Waals surface area contributed by atoms with Gasteiger partial charge in [-0.05, 0) is 37.8 Å². The fourth-order valence-corrected chi connectivity index (χ4v) is 3.75. The SMILES string of the molecule is NCCCC[C@H](N)C(=O)N1CCC[C@]1(C(=O)OCc1ccccc1)C(=O)C(=O)CCl. The van der Waals surface area contributed by atoms with Crippen molar-refractivity contribution in [1.29, 1.82) is 0 Å². The van der Waals surface area contributed by atoms with E-state index < -0.39 is 40.9 Å². The first-order valence-electron chi connectivity index (χ1n) is 10.00. The molecule has 0 spiro atoms. The number of unbranched alkanes of at least 4 members (excludes halogenated alkanes) is 1. The number of carbonyl (C=O) groups excluding carboxylic acids is 4. The van der Waals surface area contributed by atoms with Gasteiger partial charge < -0.3 is 21.1 Å². The molecule has 9 heteroatoms. The molecule has 0 aliphatic carbocycles. The molecule has 8 nitrogen and oxygen atoms in total. The Hall–Kier alpha value is -2.29. The van der Waals surface area contributed by atoms with Crippen LogP contribution in [-0.2, 0) is 30.5 Å². The number of nitrogens with two attached hydrogens (primary N) is 2. The summed E-state index contributed by atoms with van der Waals surface area (Å²) in [5.74, 6) is -4.05. The predicted octanol–water partition coefficient (Wildman–Crippen LogP) is 0.924. The van der Waals surface area contributed by atoms with Crippen LogP contribution in [0.5, 0.6) is 0 Å². The van der Waals surface area contributed by atoms with Crippen molar-refractivity contribution in [2.45, 2.75) is 50.3 Å². The lowest BCUT2D eigenvalue weighted by atomic mass is 9.87. The van der Waals surface area contributed by atoms with Gasteiger partial charge in [0.15, 0.2) is 0 Å². The third-order valence-electron chi connectivity index (χ3n) is 5.23. The Balaban J connectivity index is 2.27. The predicted molar refractivity (Wildman–Crippen MR) is 112 cm³/mol. The van der Waals surface area contributed by atoms with Gasteiger partial charge in [0, 0.05) is 6.54 Å². The zero-order valence-corrected chi connectivity index (χ0v) is 17.6. The van der Waals surface area contributed by atoms with Gasteiger partial charge in [0.25, 0.3) is 0 Å². The number of carbonyl (C=O) groups is 4. The Morgan fingerprint density at radius 3 is 2.50 bits per heavy atom. The second-order valence-corrected chi connectivity index (χ2v) is 7.56. The van der Waals surface area contributed by atoms with Crippen molar-refractivity contribution in [2.24, 2.45) is 11.5 Å². The molecule has 1 amide bonds. The second kappa shape index (κ2) is 11.2. The number of ketones is 2. The summed E-state index contributed by atoms with van der Waals surface area (Å²) in [7, 11) is 0. The molecule has 2 rings (SSSR count). The van der Waals surface area contributed by atoms with E-state index in [1.165, 1.54) is 0 Å². The fraction of sp³-hybridized carbons (Fsp3) is 0.524. The van der Waals surface area contributed by atoms with Crippen LogP contribution in [0.3, 0.4) is 0 Å². The highest BCUT2D eigenvalue weighted by Crippen LogP contribution is 2.33. The summed E-state index contributed by atoms with van der Waals surface area (Å²) in [5, 5.41) is 0. The number of halogens is 1. The van der Waals surface area contributed by atoms with Crippen molar-refractivity contribution in [1.82, 2.24) is 4.90 Å². The zero-order chi connectivity index (χ0) is 22.1. The van der Waals surface area contributed by atoms with E-state index in [0.29, 0.717) is 37.8 Å². The van der Waals surface area contributed by atoms with Gasteiger partial charge in [0.05, 0.1) is 11.9 Å². The van der Waals surface area contributed by atoms with Gasteiger partial charge in [-0.2, -0.15) is 0 Å². The van der Waals surface area contributed by atoms with Crippen LogP contribution in [0.15, 0.2) is 30.3 Å². The van der Waals surface area contributed by atoms with E-state index in [1.807, 2.05) is 6.07 Å². The molecule has 2 atom stereocenters. The molecule has 0 unspecified atom stereocenters. The number of hydrogen-bond acceptors (Lipinski definition) is 7. The van der Waals surface area contributed by atoms with E-state index in [0.717, 1.165) is 4.90 Å². The van der Waals surface area contributed by atoms with Gasteiger partial charge in [-0.15, -0.1) is 11.6 Å². The maximum atomic E-state index is 13.1. The molecule has 1 aromatic rings. The highest BCUT2D eigenvalue weighted by Gasteiger charge is 2.58. The largest absolute Gasteiger partial charge is 0.459 e. The third kappa shape index (κ3) is 5.24. The monoisotopic (exact) mass is 437 g/mol. The Kier molecular flexibility index (Phi) is 8.95. The number of amides is 1. The number of alkyl halides is 1. The fourth-order valence-electron chi connectivity index (χ4n) is 3.62. The quantitative estimate of drug-likeness (QED) is 0.173. The summed E-state index contributed by atoms with van der Waals surface area (Å²) >= 11 is 5.58. The lowest BCUT2D eigenvalue weighted by Gasteiger charge is -2.35. The van der Waals surface area contributed by atoms with E-state index in [2.05, 4.69) is 0 Å². The first kappa shape index (κ1) is 24.0. The van der Waals surface area contributed by atoms with Crippen molar-refractivity contribution in [3.8, 4) is 0 Å². The van der Waals surface area contributed by atoms with Gasteiger partial charge >= 0.3 is 5.97 Å². The number of Topliss-reactive ketones (excluding diaryl/α,β-unsaturated/α-hetero) is 2. The minimum atomic E-state index is -2.02. The number of hydrogen-bond donors (Lipinski definition) is 2. The molecule has 0 radical (unpaired) electrons. The summed E-state index contributed by atoms with van der Waals surface area (Å²) < 4.78 is 5.38. The van der Waals surface area contributed by atoms with E-state index >= 15 is 0 Å². The average molecular weight is 438 g/mol. The first-order chi connectivity index (χ1) is 14.4. The van der Waals surface area contributed by atoms with Crippen LogP contribution >= 0.6 is 11.6 Å². The molecule has 164 valence electrons. The molecule has 1 aromatic carbocycles. The van der Waals surface area contributed by atoms with Gasteiger partial charge in [-0.3, -0.25) is 14.4 Å². The number of benzene rings is 1. The lowest BCUT2D eigenvalue weighted by Crippen LogP contribution is -2.63. The number of nitrogens with zero attached hydrogens (tertiary/aromatic N) is 1. The molecule has 30 heavy (non-hydrogen) atoms. The van der Waals surface area contributed by atoms with Crippen LogP contribution < -0.4 is 11.5 Å². The molecule has 1 aliphatic rings. The summed E-state index contributed by atoms with van der Waals surface area (Å²) in [6.45, 7) is 0.516. The minimum absolute atomic E-state index is 0.0106. The summed E-state index contributed by atoms with van der Waals surface area (Å²) in [5.41, 5.74) is 10.2. The average Bonchev–Trinajstić information content (AvgIpc) is 3.22. The Morgan fingerprint density at radius 1 is 1.17 bits per heavy atom. The van der Waals surface area contributed by atoms with E-state index in [9.17, 15) is 19.2 Å². The molecule has 0 aromatic heterocycles. The number of likely N-dealkylation sites (tertiary alicyclic amines) is 1. The number of esters is 1. The Morgan fingerprint density at radius 2 is 1.87 bits per heavy atom. The van der Waals surface area contributed by atoms with Crippen molar-refractivity contribution < 1.29 is 23.9 Å². The summed E-state index contributed by atoms with van der Waals surface area (Å²) in [6.07, 6.45) is 2.05.